The number of guanidine groups is 1. The topological polar surface area (TPSA) is 415 Å². The number of aliphatic hydroxyl groups excluding tert-OH is 9. The molecule has 0 saturated carbocycles. The van der Waals surface area contributed by atoms with Crippen LogP contribution < -0.4 is 11.1 Å². The number of nitrogens with two attached hydrogens (primary N) is 1. The van der Waals surface area contributed by atoms with E-state index in [0.717, 1.165) is 45.1 Å². The third-order valence-electron chi connectivity index (χ3n) is 16.7. The first-order chi connectivity index (χ1) is 40.3. The average molecular weight is 1230 g/mol. The van der Waals surface area contributed by atoms with Gasteiger partial charge >= 0.3 is 29.8 Å². The lowest BCUT2D eigenvalue weighted by Crippen LogP contribution is -2.61. The molecule has 4 rings (SSSR count). The highest BCUT2D eigenvalue weighted by atomic mass is 16.7. The van der Waals surface area contributed by atoms with Gasteiger partial charge in [0.25, 0.3) is 0 Å². The number of esters is 3. The van der Waals surface area contributed by atoms with Gasteiger partial charge in [-0.25, -0.2) is 0 Å². The van der Waals surface area contributed by atoms with Crippen LogP contribution in [0.15, 0.2) is 53.6 Å². The monoisotopic (exact) mass is 1230 g/mol. The van der Waals surface area contributed by atoms with Gasteiger partial charge in [0.05, 0.1) is 67.0 Å². The first-order valence-electron chi connectivity index (χ1n) is 30.5. The van der Waals surface area contributed by atoms with E-state index in [9.17, 15) is 75.0 Å². The van der Waals surface area contributed by atoms with Crippen LogP contribution in [0.1, 0.15) is 158 Å². The number of cyclic esters (lactones) is 1. The van der Waals surface area contributed by atoms with Crippen LogP contribution in [0, 0.1) is 47.3 Å². The molecule has 0 amide bonds. The molecular weight excluding hydrogens is 1120 g/mol. The van der Waals surface area contributed by atoms with Crippen molar-refractivity contribution in [3.63, 3.8) is 0 Å². The van der Waals surface area contributed by atoms with Crippen molar-refractivity contribution in [3.8, 4) is 0 Å². The van der Waals surface area contributed by atoms with Crippen molar-refractivity contribution in [1.82, 2.24) is 5.32 Å². The summed E-state index contributed by atoms with van der Waals surface area (Å²) in [7, 11) is 1.64. The number of fused-ring (bicyclic) bond motifs is 5. The Morgan fingerprint density at radius 2 is 1.30 bits per heavy atom. The van der Waals surface area contributed by atoms with Crippen LogP contribution in [0.3, 0.4) is 0 Å². The van der Waals surface area contributed by atoms with Gasteiger partial charge in [-0.2, -0.15) is 0 Å². The second-order valence-corrected chi connectivity index (χ2v) is 24.4. The molecule has 4 bridgehead atoms. The van der Waals surface area contributed by atoms with E-state index in [-0.39, 0.29) is 56.8 Å². The summed E-state index contributed by atoms with van der Waals surface area (Å²) in [5.41, 5.74) is 5.69. The third kappa shape index (κ3) is 28.5. The van der Waals surface area contributed by atoms with Crippen LogP contribution in [0.5, 0.6) is 0 Å². The minimum absolute atomic E-state index is 0.0931. The van der Waals surface area contributed by atoms with Gasteiger partial charge in [-0.1, -0.05) is 103 Å². The Bertz CT molecular complexity index is 2180. The average Bonchev–Trinajstić information content (AvgIpc) is 3.76. The van der Waals surface area contributed by atoms with E-state index in [1.165, 1.54) is 12.2 Å². The molecule has 0 aromatic heterocycles. The van der Waals surface area contributed by atoms with Gasteiger partial charge in [-0.3, -0.25) is 29.0 Å². The van der Waals surface area contributed by atoms with Crippen molar-refractivity contribution in [3.05, 3.63) is 48.6 Å². The number of unbranched alkanes of at least 4 members (excludes halogenated alkanes) is 2. The van der Waals surface area contributed by atoms with Crippen molar-refractivity contribution < 1.29 is 104 Å². The molecule has 4 aliphatic heterocycles. The SMILES string of the molecule is CN=C(N)NCCC/C=C/CCCC(C)CC(C)C1OC(=O)C(C)C(O)C=CC(C)C(O)CC(O)C(C)C(O)CCC(C)C(O)CC2(O)OC3CC(CC(O)CC(O)C(C)C(O)C=CC=CC1C)OC(=O)CC(=O)OC2C(O)C3.O=C(O)CC(=O)O. The first-order valence-corrected chi connectivity index (χ1v) is 30.5. The summed E-state index contributed by atoms with van der Waals surface area (Å²) >= 11 is 0. The summed E-state index contributed by atoms with van der Waals surface area (Å²) in [5.74, 6) is -11.2. The van der Waals surface area contributed by atoms with E-state index in [4.69, 9.17) is 34.9 Å². The maximum Gasteiger partial charge on any atom is 0.317 e. The number of nitrogens with one attached hydrogen (secondary N) is 1. The largest absolute Gasteiger partial charge is 0.481 e. The van der Waals surface area contributed by atoms with E-state index < -0.39 is 164 Å². The van der Waals surface area contributed by atoms with Crippen molar-refractivity contribution in [2.45, 2.75) is 243 Å². The predicted octanol–water partition coefficient (Wildman–Crippen LogP) is 3.33. The van der Waals surface area contributed by atoms with Crippen LogP contribution in [0.25, 0.3) is 0 Å². The maximum absolute atomic E-state index is 13.8. The summed E-state index contributed by atoms with van der Waals surface area (Å²) in [6, 6.07) is 0. The predicted molar refractivity (Wildman–Crippen MR) is 318 cm³/mol. The number of carboxylic acid groups (broad SMARTS) is 2. The van der Waals surface area contributed by atoms with Crippen molar-refractivity contribution in [2.24, 2.45) is 58.1 Å². The number of aliphatic hydroxyl groups is 10. The van der Waals surface area contributed by atoms with E-state index in [2.05, 4.69) is 29.4 Å². The maximum atomic E-state index is 13.8. The number of aliphatic carboxylic acids is 2. The number of rotatable bonds is 13. The molecule has 3 saturated heterocycles. The third-order valence-corrected chi connectivity index (χ3v) is 16.7. The summed E-state index contributed by atoms with van der Waals surface area (Å²) in [6.07, 6.45) is 0.924. The minimum atomic E-state index is -2.44. The Labute approximate surface area is 507 Å². The highest BCUT2D eigenvalue weighted by Gasteiger charge is 2.53. The van der Waals surface area contributed by atoms with E-state index in [0.29, 0.717) is 11.9 Å². The van der Waals surface area contributed by atoms with Crippen LogP contribution in [-0.4, -0.2) is 196 Å². The fourth-order valence-electron chi connectivity index (χ4n) is 10.8. The van der Waals surface area contributed by atoms with Crippen LogP contribution in [0.2, 0.25) is 0 Å². The number of ether oxygens (including phenoxy) is 4. The summed E-state index contributed by atoms with van der Waals surface area (Å²) in [6.45, 7) is 15.0. The van der Waals surface area contributed by atoms with Gasteiger partial charge in [0.1, 0.15) is 25.0 Å². The normalized spacial score (nSPS) is 36.5. The molecule has 0 aromatic rings. The summed E-state index contributed by atoms with van der Waals surface area (Å²) in [5, 5.41) is 131. The van der Waals surface area contributed by atoms with Gasteiger partial charge in [0.15, 0.2) is 12.1 Å². The molecule has 24 nitrogen and oxygen atoms in total. The molecule has 4 aliphatic rings. The smallest absolute Gasteiger partial charge is 0.317 e. The van der Waals surface area contributed by atoms with Crippen LogP contribution in [0.4, 0.5) is 0 Å². The second kappa shape index (κ2) is 39.2. The molecule has 494 valence electrons. The van der Waals surface area contributed by atoms with Gasteiger partial charge in [-0.15, -0.1) is 0 Å². The number of carboxylic acids is 2. The Morgan fingerprint density at radius 1 is 0.686 bits per heavy atom. The fraction of sp³-hybridized carbons (Fsp3) is 0.774. The fourth-order valence-corrected chi connectivity index (χ4v) is 10.8. The lowest BCUT2D eigenvalue weighted by Gasteiger charge is -2.46. The molecule has 22 unspecified atom stereocenters. The molecule has 0 aromatic carbocycles. The lowest BCUT2D eigenvalue weighted by atomic mass is 9.83. The zero-order chi connectivity index (χ0) is 65.0. The molecule has 0 aliphatic carbocycles. The molecule has 0 spiro atoms. The van der Waals surface area contributed by atoms with E-state index >= 15 is 0 Å². The van der Waals surface area contributed by atoms with Crippen LogP contribution >= 0.6 is 0 Å². The number of allylic oxidation sites excluding steroid dienone is 4. The Hall–Kier alpha value is -4.86. The lowest BCUT2D eigenvalue weighted by molar-refractivity contribution is -0.335. The van der Waals surface area contributed by atoms with Gasteiger partial charge in [-0.05, 0) is 76.0 Å². The molecule has 24 heteroatoms. The number of carbonyl (C=O) groups is 5. The van der Waals surface area contributed by atoms with Gasteiger partial charge < -0.3 is 91.3 Å². The van der Waals surface area contributed by atoms with Crippen molar-refractivity contribution in [2.75, 3.05) is 13.6 Å². The van der Waals surface area contributed by atoms with Crippen molar-refractivity contribution in [1.29, 1.82) is 0 Å². The molecule has 0 radical (unpaired) electrons. The van der Waals surface area contributed by atoms with Gasteiger partial charge in [0, 0.05) is 69.4 Å². The van der Waals surface area contributed by atoms with Gasteiger partial charge in [0.2, 0.25) is 5.79 Å². The highest BCUT2D eigenvalue weighted by molar-refractivity contribution is 5.91. The number of carbonyl (C=O) groups excluding carboxylic acids is 3. The zero-order valence-electron chi connectivity index (χ0n) is 51.8. The summed E-state index contributed by atoms with van der Waals surface area (Å²) < 4.78 is 23.3. The number of hydrogen-bond acceptors (Lipinski definition) is 20. The number of hydrogen-bond donors (Lipinski definition) is 14. The minimum Gasteiger partial charge on any atom is -0.481 e. The molecular formula is C62H105N3O21. The Balaban J connectivity index is 0.00000338. The van der Waals surface area contributed by atoms with E-state index in [1.54, 1.807) is 59.9 Å². The first kappa shape index (κ1) is 77.2. The van der Waals surface area contributed by atoms with Crippen LogP contribution in [-0.2, 0) is 42.9 Å². The quantitative estimate of drug-likeness (QED) is 0.0239. The molecule has 3 fully saturated rings. The molecule has 86 heavy (non-hydrogen) atoms. The standard InChI is InChI=1S/C59H101N3O17.C3H4O4/c1-34(18-14-12-10-11-13-17-25-62-58(60)61-9)26-38(5)55-37(4)19-15-16-20-45(64)39(6)49(68)28-42(63)27-43-29-44-30-51(70)56(77-54(73)32-53(72)76-43)59(75,79-44)33-52(71)36(3)22-23-46(65)40(7)50(69)31-48(67)35(2)21-24-47(66)41(8)57(74)78-55;4-2(5)1-3(6)7/h10-11,15-16,19-21,24,34-52,55-56,63-71,75H,12-14,17-18,22-23,25-33H2,1-9H3,(H3,60,61,62);1H2,(H,4,5)(H,6,7)/b11-10+,19-15?,20-16?,24-21?;. The Morgan fingerprint density at radius 3 is 1.93 bits per heavy atom. The molecule has 22 atom stereocenters. The number of aliphatic imine (C=N–C) groups is 1. The van der Waals surface area contributed by atoms with Crippen molar-refractivity contribution >= 4 is 35.8 Å². The highest BCUT2D eigenvalue weighted by Crippen LogP contribution is 2.39. The second-order valence-electron chi connectivity index (χ2n) is 24.4. The number of nitrogens with zero attached hydrogens (tertiary/aromatic N) is 1. The molecule has 4 heterocycles. The zero-order valence-corrected chi connectivity index (χ0v) is 51.8. The van der Waals surface area contributed by atoms with E-state index in [1.807, 2.05) is 19.9 Å². The Kier molecular flexibility index (Phi) is 35.2. The molecule has 15 N–H and O–H groups in total. The summed E-state index contributed by atoms with van der Waals surface area (Å²) in [4.78, 5) is 62.6.